The standard InChI is InChI=1S/C14H20N2O2S/c1-4-9-15-13(17)10(2)16-14(18)11-5-7-12(19-3)8-6-11/h5-8,10H,4,9H2,1-3H3,(H,15,17)(H,16,18)/t10-/m0/s1. The Morgan fingerprint density at radius 3 is 2.42 bits per heavy atom. The van der Waals surface area contributed by atoms with Gasteiger partial charge < -0.3 is 10.6 Å². The Labute approximate surface area is 118 Å². The number of thioether (sulfide) groups is 1. The SMILES string of the molecule is CCCNC(=O)[C@H](C)NC(=O)c1ccc(SC)cc1. The number of hydrogen-bond donors (Lipinski definition) is 2. The van der Waals surface area contributed by atoms with Crippen molar-refractivity contribution in [2.45, 2.75) is 31.2 Å². The number of carbonyl (C=O) groups is 2. The summed E-state index contributed by atoms with van der Waals surface area (Å²) in [6.07, 6.45) is 2.86. The predicted octanol–water partition coefficient (Wildman–Crippen LogP) is 2.05. The molecule has 0 heterocycles. The number of nitrogens with one attached hydrogen (secondary N) is 2. The summed E-state index contributed by atoms with van der Waals surface area (Å²) in [4.78, 5) is 24.7. The monoisotopic (exact) mass is 280 g/mol. The molecule has 0 bridgehead atoms. The number of carbonyl (C=O) groups excluding carboxylic acids is 2. The number of hydrogen-bond acceptors (Lipinski definition) is 3. The molecule has 0 aliphatic heterocycles. The minimum Gasteiger partial charge on any atom is -0.354 e. The van der Waals surface area contributed by atoms with Crippen molar-refractivity contribution in [3.8, 4) is 0 Å². The second-order valence-electron chi connectivity index (χ2n) is 4.21. The van der Waals surface area contributed by atoms with Crippen molar-refractivity contribution in [1.82, 2.24) is 10.6 Å². The molecular weight excluding hydrogens is 260 g/mol. The van der Waals surface area contributed by atoms with Crippen LogP contribution in [0.5, 0.6) is 0 Å². The van der Waals surface area contributed by atoms with E-state index < -0.39 is 6.04 Å². The summed E-state index contributed by atoms with van der Waals surface area (Å²) in [6, 6.07) is 6.78. The lowest BCUT2D eigenvalue weighted by Gasteiger charge is -2.13. The quantitative estimate of drug-likeness (QED) is 0.784. The molecule has 1 aromatic rings. The zero-order valence-corrected chi connectivity index (χ0v) is 12.3. The molecule has 1 aromatic carbocycles. The van der Waals surface area contributed by atoms with Gasteiger partial charge in [0, 0.05) is 17.0 Å². The molecule has 0 aliphatic carbocycles. The first-order chi connectivity index (χ1) is 9.08. The van der Waals surface area contributed by atoms with E-state index in [1.165, 1.54) is 0 Å². The Morgan fingerprint density at radius 2 is 1.89 bits per heavy atom. The third kappa shape index (κ3) is 4.95. The molecule has 5 heteroatoms. The molecule has 0 aliphatic rings. The molecule has 19 heavy (non-hydrogen) atoms. The van der Waals surface area contributed by atoms with Crippen molar-refractivity contribution in [2.75, 3.05) is 12.8 Å². The smallest absolute Gasteiger partial charge is 0.251 e. The summed E-state index contributed by atoms with van der Waals surface area (Å²) in [5.41, 5.74) is 0.563. The van der Waals surface area contributed by atoms with E-state index in [2.05, 4.69) is 10.6 Å². The highest BCUT2D eigenvalue weighted by atomic mass is 32.2. The van der Waals surface area contributed by atoms with Crippen molar-refractivity contribution in [1.29, 1.82) is 0 Å². The molecule has 0 fully saturated rings. The van der Waals surface area contributed by atoms with Gasteiger partial charge in [-0.2, -0.15) is 0 Å². The van der Waals surface area contributed by atoms with Crippen LogP contribution in [0, 0.1) is 0 Å². The first-order valence-corrected chi connectivity index (χ1v) is 7.53. The van der Waals surface area contributed by atoms with E-state index >= 15 is 0 Å². The first kappa shape index (κ1) is 15.6. The fourth-order valence-electron chi connectivity index (χ4n) is 1.49. The predicted molar refractivity (Wildman–Crippen MR) is 78.5 cm³/mol. The minimum absolute atomic E-state index is 0.157. The fraction of sp³-hybridized carbons (Fsp3) is 0.429. The maximum absolute atomic E-state index is 11.9. The molecule has 1 rings (SSSR count). The maximum Gasteiger partial charge on any atom is 0.251 e. The Balaban J connectivity index is 2.55. The van der Waals surface area contributed by atoms with Gasteiger partial charge in [-0.05, 0) is 43.9 Å². The van der Waals surface area contributed by atoms with Crippen LogP contribution in [0.2, 0.25) is 0 Å². The van der Waals surface area contributed by atoms with E-state index in [1.54, 1.807) is 30.8 Å². The van der Waals surface area contributed by atoms with E-state index in [1.807, 2.05) is 25.3 Å². The fourth-order valence-corrected chi connectivity index (χ4v) is 1.90. The summed E-state index contributed by atoms with van der Waals surface area (Å²) in [5, 5.41) is 5.43. The van der Waals surface area contributed by atoms with Crippen molar-refractivity contribution in [2.24, 2.45) is 0 Å². The van der Waals surface area contributed by atoms with Crippen LogP contribution >= 0.6 is 11.8 Å². The van der Waals surface area contributed by atoms with E-state index in [0.29, 0.717) is 12.1 Å². The molecule has 2 amide bonds. The van der Waals surface area contributed by atoms with E-state index in [0.717, 1.165) is 11.3 Å². The van der Waals surface area contributed by atoms with Gasteiger partial charge in [-0.1, -0.05) is 6.92 Å². The summed E-state index contributed by atoms with van der Waals surface area (Å²) in [6.45, 7) is 4.29. The second-order valence-corrected chi connectivity index (χ2v) is 5.09. The molecule has 1 atom stereocenters. The van der Waals surface area contributed by atoms with Crippen molar-refractivity contribution in [3.63, 3.8) is 0 Å². The molecular formula is C14H20N2O2S. The van der Waals surface area contributed by atoms with Gasteiger partial charge in [-0.25, -0.2) is 0 Å². The molecule has 0 unspecified atom stereocenters. The average molecular weight is 280 g/mol. The van der Waals surface area contributed by atoms with E-state index in [4.69, 9.17) is 0 Å². The van der Waals surface area contributed by atoms with Gasteiger partial charge in [0.25, 0.3) is 5.91 Å². The lowest BCUT2D eigenvalue weighted by molar-refractivity contribution is -0.122. The number of rotatable bonds is 6. The Bertz CT molecular complexity index is 432. The topological polar surface area (TPSA) is 58.2 Å². The van der Waals surface area contributed by atoms with Crippen LogP contribution in [-0.4, -0.2) is 30.7 Å². The lowest BCUT2D eigenvalue weighted by atomic mass is 10.2. The van der Waals surface area contributed by atoms with Gasteiger partial charge >= 0.3 is 0 Å². The highest BCUT2D eigenvalue weighted by molar-refractivity contribution is 7.98. The van der Waals surface area contributed by atoms with Gasteiger partial charge in [0.05, 0.1) is 0 Å². The van der Waals surface area contributed by atoms with E-state index in [9.17, 15) is 9.59 Å². The van der Waals surface area contributed by atoms with Crippen LogP contribution in [0.1, 0.15) is 30.6 Å². The van der Waals surface area contributed by atoms with Crippen molar-refractivity contribution >= 4 is 23.6 Å². The summed E-state index contributed by atoms with van der Waals surface area (Å²) in [7, 11) is 0. The van der Waals surface area contributed by atoms with Crippen molar-refractivity contribution < 1.29 is 9.59 Å². The van der Waals surface area contributed by atoms with Gasteiger partial charge in [-0.3, -0.25) is 9.59 Å². The maximum atomic E-state index is 11.9. The Morgan fingerprint density at radius 1 is 1.26 bits per heavy atom. The highest BCUT2D eigenvalue weighted by Crippen LogP contribution is 2.14. The van der Waals surface area contributed by atoms with Gasteiger partial charge in [0.15, 0.2) is 0 Å². The second kappa shape index (κ2) is 7.84. The van der Waals surface area contributed by atoms with Crippen molar-refractivity contribution in [3.05, 3.63) is 29.8 Å². The van der Waals surface area contributed by atoms with Gasteiger partial charge in [-0.15, -0.1) is 11.8 Å². The molecule has 4 nitrogen and oxygen atoms in total. The van der Waals surface area contributed by atoms with Crippen LogP contribution in [0.3, 0.4) is 0 Å². The average Bonchev–Trinajstić information content (AvgIpc) is 2.44. The molecule has 0 saturated carbocycles. The van der Waals surface area contributed by atoms with Crippen LogP contribution in [0.15, 0.2) is 29.2 Å². The van der Waals surface area contributed by atoms with Gasteiger partial charge in [0.1, 0.15) is 6.04 Å². The minimum atomic E-state index is -0.528. The van der Waals surface area contributed by atoms with Crippen LogP contribution < -0.4 is 10.6 Å². The number of amides is 2. The molecule has 0 aromatic heterocycles. The lowest BCUT2D eigenvalue weighted by Crippen LogP contribution is -2.44. The first-order valence-electron chi connectivity index (χ1n) is 6.31. The normalized spacial score (nSPS) is 11.7. The Kier molecular flexibility index (Phi) is 6.42. The molecule has 0 saturated heterocycles. The van der Waals surface area contributed by atoms with Crippen LogP contribution in [-0.2, 0) is 4.79 Å². The zero-order valence-electron chi connectivity index (χ0n) is 11.5. The Hall–Kier alpha value is -1.49. The summed E-state index contributed by atoms with van der Waals surface area (Å²) in [5.74, 6) is -0.386. The highest BCUT2D eigenvalue weighted by Gasteiger charge is 2.15. The largest absolute Gasteiger partial charge is 0.354 e. The van der Waals surface area contributed by atoms with E-state index in [-0.39, 0.29) is 11.8 Å². The molecule has 0 radical (unpaired) electrons. The van der Waals surface area contributed by atoms with Crippen LogP contribution in [0.25, 0.3) is 0 Å². The van der Waals surface area contributed by atoms with Crippen LogP contribution in [0.4, 0.5) is 0 Å². The third-order valence-electron chi connectivity index (χ3n) is 2.64. The molecule has 2 N–H and O–H groups in total. The third-order valence-corrected chi connectivity index (χ3v) is 3.39. The molecule has 104 valence electrons. The van der Waals surface area contributed by atoms with Gasteiger partial charge in [0.2, 0.25) is 5.91 Å². The molecule has 0 spiro atoms. The number of benzene rings is 1. The zero-order chi connectivity index (χ0) is 14.3. The summed E-state index contributed by atoms with van der Waals surface area (Å²) < 4.78 is 0. The summed E-state index contributed by atoms with van der Waals surface area (Å²) >= 11 is 1.62.